The first kappa shape index (κ1) is 14.5. The molecule has 106 valence electrons. The Kier molecular flexibility index (Phi) is 5.38. The van der Waals surface area contributed by atoms with E-state index in [1.807, 2.05) is 12.1 Å². The van der Waals surface area contributed by atoms with Crippen LogP contribution in [0.3, 0.4) is 0 Å². The smallest absolute Gasteiger partial charge is 0.123 e. The first-order valence-corrected chi connectivity index (χ1v) is 7.63. The van der Waals surface area contributed by atoms with Crippen LogP contribution in [0.2, 0.25) is 0 Å². The Balaban J connectivity index is 1.97. The largest absolute Gasteiger partial charge is 0.316 e. The molecular weight excluding hydrogens is 237 g/mol. The summed E-state index contributed by atoms with van der Waals surface area (Å²) >= 11 is 0. The molecule has 2 atom stereocenters. The molecule has 0 spiro atoms. The van der Waals surface area contributed by atoms with Gasteiger partial charge >= 0.3 is 0 Å². The molecule has 0 radical (unpaired) electrons. The predicted octanol–water partition coefficient (Wildman–Crippen LogP) is 4.35. The molecule has 2 unspecified atom stereocenters. The quantitative estimate of drug-likeness (QED) is 0.833. The van der Waals surface area contributed by atoms with Crippen molar-refractivity contribution in [2.45, 2.75) is 45.4 Å². The SMILES string of the molecule is CC(C)CNCC1CCCCC1c1ccc(F)cc1. The maximum Gasteiger partial charge on any atom is 0.123 e. The van der Waals surface area contributed by atoms with Crippen LogP contribution in [0.1, 0.15) is 51.0 Å². The molecule has 0 bridgehead atoms. The molecule has 1 nitrogen and oxygen atoms in total. The number of halogens is 1. The van der Waals surface area contributed by atoms with Crippen LogP contribution in [0.5, 0.6) is 0 Å². The van der Waals surface area contributed by atoms with E-state index in [2.05, 4.69) is 19.2 Å². The van der Waals surface area contributed by atoms with E-state index >= 15 is 0 Å². The zero-order valence-corrected chi connectivity index (χ0v) is 12.2. The van der Waals surface area contributed by atoms with Crippen LogP contribution in [-0.2, 0) is 0 Å². The Bertz CT molecular complexity index is 371. The molecule has 0 amide bonds. The fourth-order valence-electron chi connectivity index (χ4n) is 3.16. The zero-order valence-electron chi connectivity index (χ0n) is 12.2. The minimum Gasteiger partial charge on any atom is -0.316 e. The third-order valence-corrected chi connectivity index (χ3v) is 4.17. The third kappa shape index (κ3) is 4.31. The van der Waals surface area contributed by atoms with Gasteiger partial charge in [-0.25, -0.2) is 4.39 Å². The average Bonchev–Trinajstić information content (AvgIpc) is 2.40. The van der Waals surface area contributed by atoms with Gasteiger partial charge in [-0.2, -0.15) is 0 Å². The van der Waals surface area contributed by atoms with Gasteiger partial charge in [0.25, 0.3) is 0 Å². The Labute approximate surface area is 116 Å². The molecular formula is C17H26FN. The zero-order chi connectivity index (χ0) is 13.7. The van der Waals surface area contributed by atoms with Crippen molar-refractivity contribution >= 4 is 0 Å². The van der Waals surface area contributed by atoms with Gasteiger partial charge in [-0.1, -0.05) is 38.8 Å². The van der Waals surface area contributed by atoms with E-state index in [9.17, 15) is 4.39 Å². The lowest BCUT2D eigenvalue weighted by Gasteiger charge is -2.32. The molecule has 0 aromatic heterocycles. The summed E-state index contributed by atoms with van der Waals surface area (Å²) in [5.74, 6) is 1.88. The van der Waals surface area contributed by atoms with Crippen LogP contribution < -0.4 is 5.32 Å². The average molecular weight is 263 g/mol. The summed E-state index contributed by atoms with van der Waals surface area (Å²) in [6, 6.07) is 7.15. The van der Waals surface area contributed by atoms with Crippen molar-refractivity contribution in [1.29, 1.82) is 0 Å². The number of nitrogens with one attached hydrogen (secondary N) is 1. The van der Waals surface area contributed by atoms with E-state index in [4.69, 9.17) is 0 Å². The summed E-state index contributed by atoms with van der Waals surface area (Å²) in [5, 5.41) is 3.59. The molecule has 1 aliphatic rings. The summed E-state index contributed by atoms with van der Waals surface area (Å²) in [6.07, 6.45) is 5.20. The lowest BCUT2D eigenvalue weighted by Crippen LogP contribution is -2.31. The Hall–Kier alpha value is -0.890. The summed E-state index contributed by atoms with van der Waals surface area (Å²) in [5.41, 5.74) is 1.32. The summed E-state index contributed by atoms with van der Waals surface area (Å²) in [6.45, 7) is 6.67. The molecule has 1 aromatic rings. The first-order chi connectivity index (χ1) is 9.16. The van der Waals surface area contributed by atoms with Crippen molar-refractivity contribution in [2.75, 3.05) is 13.1 Å². The number of hydrogen-bond acceptors (Lipinski definition) is 1. The molecule has 19 heavy (non-hydrogen) atoms. The van der Waals surface area contributed by atoms with Crippen molar-refractivity contribution in [3.8, 4) is 0 Å². The Morgan fingerprint density at radius 1 is 1.16 bits per heavy atom. The second-order valence-electron chi connectivity index (χ2n) is 6.25. The molecule has 1 aromatic carbocycles. The van der Waals surface area contributed by atoms with Crippen LogP contribution in [-0.4, -0.2) is 13.1 Å². The molecule has 0 heterocycles. The van der Waals surface area contributed by atoms with Gasteiger partial charge in [0.05, 0.1) is 0 Å². The molecule has 0 saturated heterocycles. The first-order valence-electron chi connectivity index (χ1n) is 7.63. The minimum atomic E-state index is -0.131. The highest BCUT2D eigenvalue weighted by Crippen LogP contribution is 2.37. The maximum absolute atomic E-state index is 13.0. The van der Waals surface area contributed by atoms with Crippen molar-refractivity contribution in [2.24, 2.45) is 11.8 Å². The van der Waals surface area contributed by atoms with Crippen LogP contribution in [0.4, 0.5) is 4.39 Å². The highest BCUT2D eigenvalue weighted by molar-refractivity contribution is 5.21. The summed E-state index contributed by atoms with van der Waals surface area (Å²) < 4.78 is 13.0. The normalized spacial score (nSPS) is 23.8. The summed E-state index contributed by atoms with van der Waals surface area (Å²) in [7, 11) is 0. The number of rotatable bonds is 5. The molecule has 0 aliphatic heterocycles. The summed E-state index contributed by atoms with van der Waals surface area (Å²) in [4.78, 5) is 0. The molecule has 2 rings (SSSR count). The van der Waals surface area contributed by atoms with Crippen LogP contribution >= 0.6 is 0 Å². The third-order valence-electron chi connectivity index (χ3n) is 4.17. The van der Waals surface area contributed by atoms with E-state index in [-0.39, 0.29) is 5.82 Å². The topological polar surface area (TPSA) is 12.0 Å². The van der Waals surface area contributed by atoms with Gasteiger partial charge < -0.3 is 5.32 Å². The Morgan fingerprint density at radius 2 is 1.84 bits per heavy atom. The van der Waals surface area contributed by atoms with E-state index < -0.39 is 0 Å². The molecule has 1 saturated carbocycles. The van der Waals surface area contributed by atoms with Crippen molar-refractivity contribution in [3.63, 3.8) is 0 Å². The second-order valence-corrected chi connectivity index (χ2v) is 6.25. The highest BCUT2D eigenvalue weighted by Gasteiger charge is 2.26. The van der Waals surface area contributed by atoms with Crippen molar-refractivity contribution in [3.05, 3.63) is 35.6 Å². The predicted molar refractivity (Wildman–Crippen MR) is 78.8 cm³/mol. The maximum atomic E-state index is 13.0. The monoisotopic (exact) mass is 263 g/mol. The van der Waals surface area contributed by atoms with Gasteiger partial charge in [0.2, 0.25) is 0 Å². The molecule has 1 N–H and O–H groups in total. The standard InChI is InChI=1S/C17H26FN/c1-13(2)11-19-12-15-5-3-4-6-17(15)14-7-9-16(18)10-8-14/h7-10,13,15,17,19H,3-6,11-12H2,1-2H3. The van der Waals surface area contributed by atoms with Crippen molar-refractivity contribution < 1.29 is 4.39 Å². The van der Waals surface area contributed by atoms with Gasteiger partial charge in [0, 0.05) is 0 Å². The Morgan fingerprint density at radius 3 is 2.53 bits per heavy atom. The lowest BCUT2D eigenvalue weighted by molar-refractivity contribution is 0.292. The van der Waals surface area contributed by atoms with Gasteiger partial charge in [-0.15, -0.1) is 0 Å². The van der Waals surface area contributed by atoms with Gasteiger partial charge in [-0.05, 0) is 61.4 Å². The van der Waals surface area contributed by atoms with Gasteiger partial charge in [0.1, 0.15) is 5.82 Å². The lowest BCUT2D eigenvalue weighted by atomic mass is 9.75. The number of benzene rings is 1. The van der Waals surface area contributed by atoms with Crippen LogP contribution in [0, 0.1) is 17.7 Å². The highest BCUT2D eigenvalue weighted by atomic mass is 19.1. The van der Waals surface area contributed by atoms with Crippen LogP contribution in [0.15, 0.2) is 24.3 Å². The second kappa shape index (κ2) is 7.04. The fourth-order valence-corrected chi connectivity index (χ4v) is 3.16. The van der Waals surface area contributed by atoms with E-state index in [1.165, 1.54) is 31.2 Å². The molecule has 1 aliphatic carbocycles. The molecule has 2 heteroatoms. The van der Waals surface area contributed by atoms with Gasteiger partial charge in [-0.3, -0.25) is 0 Å². The van der Waals surface area contributed by atoms with Crippen molar-refractivity contribution in [1.82, 2.24) is 5.32 Å². The fraction of sp³-hybridized carbons (Fsp3) is 0.647. The van der Waals surface area contributed by atoms with E-state index in [0.29, 0.717) is 17.8 Å². The number of hydrogen-bond donors (Lipinski definition) is 1. The van der Waals surface area contributed by atoms with Gasteiger partial charge in [0.15, 0.2) is 0 Å². The van der Waals surface area contributed by atoms with Crippen LogP contribution in [0.25, 0.3) is 0 Å². The van der Waals surface area contributed by atoms with E-state index in [1.54, 1.807) is 12.1 Å². The minimum absolute atomic E-state index is 0.131. The molecule has 1 fully saturated rings. The van der Waals surface area contributed by atoms with E-state index in [0.717, 1.165) is 13.1 Å².